The third-order valence-corrected chi connectivity index (χ3v) is 10.0. The number of amides is 2. The van der Waals surface area contributed by atoms with Crippen molar-refractivity contribution < 1.29 is 50.9 Å². The number of rotatable bonds is 6. The van der Waals surface area contributed by atoms with Crippen molar-refractivity contribution in [1.29, 1.82) is 0 Å². The van der Waals surface area contributed by atoms with Crippen LogP contribution in [0.5, 0.6) is 5.75 Å². The molecular formula is C28H27ClF3N3O8S2. The maximum atomic E-state index is 14.8. The first-order valence-corrected chi connectivity index (χ1v) is 15.8. The summed E-state index contributed by atoms with van der Waals surface area (Å²) in [6.45, 7) is -0.0632. The number of β-amino-alcohol motifs (C(OH)–C–C–N with tert-alkyl or cyclic N) is 1. The number of carboxylic acids is 1. The minimum Gasteiger partial charge on any atom is -0.496 e. The zero-order valence-corrected chi connectivity index (χ0v) is 26.2. The Hall–Kier alpha value is -3.70. The molecule has 242 valence electrons. The summed E-state index contributed by atoms with van der Waals surface area (Å²) >= 11 is 7.65. The first-order valence-electron chi connectivity index (χ1n) is 13.0. The number of carboxylic acid groups (broad SMARTS) is 1. The van der Waals surface area contributed by atoms with Gasteiger partial charge in [-0.1, -0.05) is 29.8 Å². The quantitative estimate of drug-likeness (QED) is 0.397. The van der Waals surface area contributed by atoms with Gasteiger partial charge in [0.25, 0.3) is 15.9 Å². The van der Waals surface area contributed by atoms with Crippen molar-refractivity contribution in [2.24, 2.45) is 0 Å². The van der Waals surface area contributed by atoms with Crippen LogP contribution >= 0.6 is 22.9 Å². The van der Waals surface area contributed by atoms with E-state index in [1.807, 2.05) is 0 Å². The van der Waals surface area contributed by atoms with Gasteiger partial charge in [-0.3, -0.25) is 14.5 Å². The van der Waals surface area contributed by atoms with Gasteiger partial charge in [0.15, 0.2) is 5.54 Å². The Balaban J connectivity index is 0.000000591. The molecule has 0 aliphatic carbocycles. The number of thiophene rings is 1. The van der Waals surface area contributed by atoms with Crippen molar-refractivity contribution in [3.63, 3.8) is 0 Å². The van der Waals surface area contributed by atoms with Crippen LogP contribution in [-0.2, 0) is 29.9 Å². The van der Waals surface area contributed by atoms with Crippen LogP contribution in [0, 0.1) is 0 Å². The number of likely N-dealkylation sites (N-methyl/N-ethyl adjacent to an activating group) is 1. The fraction of sp³-hybridized carbons (Fsp3) is 0.321. The Kier molecular flexibility index (Phi) is 9.57. The summed E-state index contributed by atoms with van der Waals surface area (Å²) in [4.78, 5) is 40.1. The van der Waals surface area contributed by atoms with E-state index in [2.05, 4.69) is 0 Å². The number of alkyl halides is 3. The molecule has 17 heteroatoms. The van der Waals surface area contributed by atoms with Gasteiger partial charge in [0, 0.05) is 42.2 Å². The van der Waals surface area contributed by atoms with E-state index in [0.717, 1.165) is 4.31 Å². The van der Waals surface area contributed by atoms with Crippen molar-refractivity contribution in [3.05, 3.63) is 75.4 Å². The molecule has 1 aromatic heterocycles. The highest BCUT2D eigenvalue weighted by molar-refractivity contribution is 7.93. The maximum Gasteiger partial charge on any atom is 0.490 e. The van der Waals surface area contributed by atoms with Gasteiger partial charge in [-0.15, -0.1) is 0 Å². The molecule has 11 nitrogen and oxygen atoms in total. The molecule has 2 aliphatic heterocycles. The predicted molar refractivity (Wildman–Crippen MR) is 158 cm³/mol. The number of aliphatic hydroxyl groups is 1. The average molecular weight is 690 g/mol. The SMILES string of the molecule is COc1ccccc1C1(N2C[C@H](O)C[C@H]2C(=O)N(C)C)C(=O)N(S(=O)(=O)c2ccsc2)c2ccc(Cl)cc21.O=C(O)C(F)(F)F. The van der Waals surface area contributed by atoms with Crippen LogP contribution in [0.3, 0.4) is 0 Å². The molecule has 0 saturated carbocycles. The molecule has 3 aromatic rings. The lowest BCUT2D eigenvalue weighted by molar-refractivity contribution is -0.192. The molecule has 45 heavy (non-hydrogen) atoms. The minimum atomic E-state index is -5.08. The van der Waals surface area contributed by atoms with E-state index in [1.165, 1.54) is 46.9 Å². The van der Waals surface area contributed by atoms with Crippen LogP contribution in [0.25, 0.3) is 0 Å². The number of sulfonamides is 1. The summed E-state index contributed by atoms with van der Waals surface area (Å²) in [5.74, 6) is -3.58. The molecule has 2 N–H and O–H groups in total. The molecule has 1 fully saturated rings. The molecule has 0 spiro atoms. The fourth-order valence-electron chi connectivity index (χ4n) is 5.44. The lowest BCUT2D eigenvalue weighted by Gasteiger charge is -2.42. The number of carbonyl (C=O) groups is 3. The molecule has 5 rings (SSSR count). The number of anilines is 1. The van der Waals surface area contributed by atoms with Crippen molar-refractivity contribution in [2.45, 2.75) is 35.2 Å². The molecular weight excluding hydrogens is 663 g/mol. The Morgan fingerprint density at radius 3 is 2.33 bits per heavy atom. The van der Waals surface area contributed by atoms with E-state index in [-0.39, 0.29) is 40.0 Å². The second-order valence-corrected chi connectivity index (χ2v) is 13.2. The summed E-state index contributed by atoms with van der Waals surface area (Å²) in [6, 6.07) is 11.8. The summed E-state index contributed by atoms with van der Waals surface area (Å²) in [5, 5.41) is 21.3. The third-order valence-electron chi connectivity index (χ3n) is 7.27. The van der Waals surface area contributed by atoms with Gasteiger partial charge in [0.05, 0.1) is 29.8 Å². The summed E-state index contributed by atoms with van der Waals surface area (Å²) in [5.41, 5.74) is -1.10. The highest BCUT2D eigenvalue weighted by Crippen LogP contribution is 2.54. The minimum absolute atomic E-state index is 0.0325. The lowest BCUT2D eigenvalue weighted by Crippen LogP contribution is -2.59. The van der Waals surface area contributed by atoms with E-state index < -0.39 is 45.8 Å². The number of hydrogen-bond donors (Lipinski definition) is 2. The van der Waals surface area contributed by atoms with Crippen LogP contribution in [0.1, 0.15) is 17.5 Å². The van der Waals surface area contributed by atoms with Crippen LogP contribution in [0.15, 0.2) is 64.2 Å². The Bertz CT molecular complexity index is 1720. The number of likely N-dealkylation sites (tertiary alicyclic amines) is 1. The molecule has 1 unspecified atom stereocenters. The van der Waals surface area contributed by atoms with Crippen LogP contribution in [-0.4, -0.2) is 92.3 Å². The zero-order valence-electron chi connectivity index (χ0n) is 23.9. The second-order valence-electron chi connectivity index (χ2n) is 10.2. The number of ether oxygens (including phenoxy) is 1. The maximum absolute atomic E-state index is 14.8. The number of fused-ring (bicyclic) bond motifs is 1. The van der Waals surface area contributed by atoms with Crippen molar-refractivity contribution in [2.75, 3.05) is 32.1 Å². The normalized spacial score (nSPS) is 21.6. The summed E-state index contributed by atoms with van der Waals surface area (Å²) in [7, 11) is 0.295. The number of aliphatic hydroxyl groups excluding tert-OH is 1. The molecule has 3 atom stereocenters. The van der Waals surface area contributed by atoms with Crippen LogP contribution < -0.4 is 9.04 Å². The number of aliphatic carboxylic acids is 1. The van der Waals surface area contributed by atoms with E-state index in [1.54, 1.807) is 54.7 Å². The molecule has 0 radical (unpaired) electrons. The van der Waals surface area contributed by atoms with Crippen molar-refractivity contribution >= 4 is 56.4 Å². The fourth-order valence-corrected chi connectivity index (χ4v) is 8.09. The number of methoxy groups -OCH3 is 1. The van der Waals surface area contributed by atoms with Gasteiger partial charge in [-0.2, -0.15) is 24.5 Å². The molecule has 2 aromatic carbocycles. The number of carbonyl (C=O) groups excluding carboxylic acids is 2. The van der Waals surface area contributed by atoms with Gasteiger partial charge in [-0.25, -0.2) is 17.5 Å². The first kappa shape index (κ1) is 34.2. The topological polar surface area (TPSA) is 145 Å². The van der Waals surface area contributed by atoms with Crippen LogP contribution in [0.4, 0.5) is 18.9 Å². The highest BCUT2D eigenvalue weighted by atomic mass is 35.5. The van der Waals surface area contributed by atoms with Crippen molar-refractivity contribution in [1.82, 2.24) is 9.80 Å². The van der Waals surface area contributed by atoms with E-state index in [4.69, 9.17) is 26.2 Å². The largest absolute Gasteiger partial charge is 0.496 e. The Labute approximate surface area is 265 Å². The smallest absolute Gasteiger partial charge is 0.490 e. The van der Waals surface area contributed by atoms with Gasteiger partial charge in [0.1, 0.15) is 5.75 Å². The standard InChI is InChI=1S/C26H26ClN3O6S2.C2HF3O2/c1-28(2)24(32)22-13-17(31)14-29(22)26(19-6-4-5-7-23(19)36-3)20-12-16(27)8-9-21(20)30(25(26)33)38(34,35)18-10-11-37-15-18;3-2(4,5)1(6)7/h4-12,15,17,22,31H,13-14H2,1-3H3;(H,6,7)/t17-,22+,26?;/m1./s1. The average Bonchev–Trinajstić information content (AvgIpc) is 3.70. The number of para-hydroxylation sites is 1. The Morgan fingerprint density at radius 1 is 1.13 bits per heavy atom. The summed E-state index contributed by atoms with van der Waals surface area (Å²) in [6.07, 6.45) is -5.96. The molecule has 1 saturated heterocycles. The zero-order chi connectivity index (χ0) is 33.5. The number of halogens is 4. The van der Waals surface area contributed by atoms with Gasteiger partial charge in [-0.05, 0) is 42.1 Å². The predicted octanol–water partition coefficient (Wildman–Crippen LogP) is 3.55. The number of hydrogen-bond acceptors (Lipinski definition) is 9. The van der Waals surface area contributed by atoms with Gasteiger partial charge >= 0.3 is 12.1 Å². The number of benzene rings is 2. The van der Waals surface area contributed by atoms with Crippen molar-refractivity contribution in [3.8, 4) is 5.75 Å². The van der Waals surface area contributed by atoms with E-state index in [9.17, 15) is 36.3 Å². The second kappa shape index (κ2) is 12.6. The summed E-state index contributed by atoms with van der Waals surface area (Å²) < 4.78 is 66.1. The molecule has 2 amide bonds. The monoisotopic (exact) mass is 689 g/mol. The third kappa shape index (κ3) is 6.00. The first-order chi connectivity index (χ1) is 21.0. The highest BCUT2D eigenvalue weighted by Gasteiger charge is 2.63. The Morgan fingerprint density at radius 2 is 1.78 bits per heavy atom. The molecule has 2 aliphatic rings. The number of nitrogens with zero attached hydrogens (tertiary/aromatic N) is 3. The van der Waals surface area contributed by atoms with Gasteiger partial charge < -0.3 is 19.8 Å². The molecule has 3 heterocycles. The lowest BCUT2D eigenvalue weighted by atomic mass is 9.80. The molecule has 0 bridgehead atoms. The van der Waals surface area contributed by atoms with Crippen LogP contribution in [0.2, 0.25) is 5.02 Å². The van der Waals surface area contributed by atoms with E-state index in [0.29, 0.717) is 11.3 Å². The van der Waals surface area contributed by atoms with Gasteiger partial charge in [0.2, 0.25) is 5.91 Å². The van der Waals surface area contributed by atoms with E-state index >= 15 is 0 Å².